The van der Waals surface area contributed by atoms with Gasteiger partial charge >= 0.3 is 5.97 Å². The first kappa shape index (κ1) is 13.3. The minimum Gasteiger partial charge on any atom is -0.476 e. The van der Waals surface area contributed by atoms with E-state index in [0.29, 0.717) is 0 Å². The highest BCUT2D eigenvalue weighted by Crippen LogP contribution is 2.22. The third-order valence-electron chi connectivity index (χ3n) is 2.43. The second-order valence-electron chi connectivity index (χ2n) is 3.94. The van der Waals surface area contributed by atoms with Crippen LogP contribution in [0.4, 0.5) is 15.9 Å². The molecule has 6 heteroatoms. The first-order valence-electron chi connectivity index (χ1n) is 5.40. The number of hydrogen-bond acceptors (Lipinski definition) is 3. The van der Waals surface area contributed by atoms with Crippen molar-refractivity contribution in [1.82, 2.24) is 4.98 Å². The van der Waals surface area contributed by atoms with E-state index < -0.39 is 11.8 Å². The molecule has 0 spiro atoms. The van der Waals surface area contributed by atoms with Crippen LogP contribution in [-0.2, 0) is 0 Å². The Kier molecular flexibility index (Phi) is 3.66. The van der Waals surface area contributed by atoms with Crippen LogP contribution in [0.15, 0.2) is 30.3 Å². The van der Waals surface area contributed by atoms with Crippen LogP contribution in [0.3, 0.4) is 0 Å². The smallest absolute Gasteiger partial charge is 0.356 e. The molecule has 0 aliphatic rings. The molecule has 0 radical (unpaired) electrons. The lowest BCUT2D eigenvalue weighted by molar-refractivity contribution is 0.0691. The minimum absolute atomic E-state index is 0.0303. The Labute approximate surface area is 113 Å². The van der Waals surface area contributed by atoms with E-state index in [1.54, 1.807) is 12.1 Å². The number of benzene rings is 1. The van der Waals surface area contributed by atoms with Gasteiger partial charge in [-0.1, -0.05) is 17.7 Å². The van der Waals surface area contributed by atoms with Crippen LogP contribution in [0.5, 0.6) is 0 Å². The van der Waals surface area contributed by atoms with Gasteiger partial charge in [0.05, 0.1) is 10.7 Å². The van der Waals surface area contributed by atoms with E-state index in [1.807, 2.05) is 6.92 Å². The summed E-state index contributed by atoms with van der Waals surface area (Å²) in [6.45, 7) is 1.82. The lowest BCUT2D eigenvalue weighted by atomic mass is 10.2. The fourth-order valence-electron chi connectivity index (χ4n) is 1.53. The van der Waals surface area contributed by atoms with Gasteiger partial charge in [0.2, 0.25) is 0 Å². The van der Waals surface area contributed by atoms with Gasteiger partial charge in [0.1, 0.15) is 11.6 Å². The summed E-state index contributed by atoms with van der Waals surface area (Å²) >= 11 is 5.71. The lowest BCUT2D eigenvalue weighted by Gasteiger charge is -2.08. The van der Waals surface area contributed by atoms with E-state index in [2.05, 4.69) is 10.3 Å². The van der Waals surface area contributed by atoms with Crippen LogP contribution in [0.1, 0.15) is 16.1 Å². The molecule has 2 N–H and O–H groups in total. The molecule has 1 aromatic heterocycles. The molecule has 0 saturated heterocycles. The van der Waals surface area contributed by atoms with Crippen molar-refractivity contribution in [3.63, 3.8) is 0 Å². The van der Waals surface area contributed by atoms with Gasteiger partial charge in [-0.25, -0.2) is 14.2 Å². The van der Waals surface area contributed by atoms with Gasteiger partial charge < -0.3 is 10.4 Å². The van der Waals surface area contributed by atoms with E-state index >= 15 is 0 Å². The lowest BCUT2D eigenvalue weighted by Crippen LogP contribution is -2.04. The van der Waals surface area contributed by atoms with Crippen molar-refractivity contribution < 1.29 is 14.3 Å². The number of nitrogens with one attached hydrogen (secondary N) is 1. The number of carbonyl (C=O) groups is 1. The van der Waals surface area contributed by atoms with Crippen molar-refractivity contribution >= 4 is 29.1 Å². The normalized spacial score (nSPS) is 10.3. The monoisotopic (exact) mass is 280 g/mol. The van der Waals surface area contributed by atoms with Crippen molar-refractivity contribution in [3.05, 3.63) is 52.4 Å². The van der Waals surface area contributed by atoms with Gasteiger partial charge in [0, 0.05) is 0 Å². The molecule has 0 unspecified atom stereocenters. The van der Waals surface area contributed by atoms with E-state index in [0.717, 1.165) is 5.56 Å². The molecule has 1 aromatic carbocycles. The number of pyridine rings is 1. The number of carboxylic acids is 1. The second-order valence-corrected chi connectivity index (χ2v) is 4.35. The molecular formula is C13H10ClFN2O2. The number of halogens is 2. The van der Waals surface area contributed by atoms with Gasteiger partial charge in [-0.15, -0.1) is 0 Å². The fraction of sp³-hybridized carbons (Fsp3) is 0.0769. The zero-order valence-electron chi connectivity index (χ0n) is 9.95. The van der Waals surface area contributed by atoms with Crippen molar-refractivity contribution in [1.29, 1.82) is 0 Å². The van der Waals surface area contributed by atoms with Crippen LogP contribution in [0.2, 0.25) is 5.02 Å². The topological polar surface area (TPSA) is 62.2 Å². The molecule has 19 heavy (non-hydrogen) atoms. The Morgan fingerprint density at radius 3 is 2.79 bits per heavy atom. The number of carboxylic acid groups (broad SMARTS) is 1. The zero-order valence-corrected chi connectivity index (χ0v) is 10.7. The molecule has 4 nitrogen and oxygen atoms in total. The van der Waals surface area contributed by atoms with Crippen LogP contribution in [0.25, 0.3) is 0 Å². The van der Waals surface area contributed by atoms with Crippen molar-refractivity contribution in [2.75, 3.05) is 5.32 Å². The quantitative estimate of drug-likeness (QED) is 0.901. The average Bonchev–Trinajstić information content (AvgIpc) is 2.36. The first-order valence-corrected chi connectivity index (χ1v) is 5.78. The maximum atomic E-state index is 13.6. The van der Waals surface area contributed by atoms with E-state index in [9.17, 15) is 9.18 Å². The van der Waals surface area contributed by atoms with E-state index in [1.165, 1.54) is 18.2 Å². The third kappa shape index (κ3) is 3.00. The van der Waals surface area contributed by atoms with Crippen LogP contribution in [-0.4, -0.2) is 16.1 Å². The van der Waals surface area contributed by atoms with Gasteiger partial charge in [-0.3, -0.25) is 0 Å². The Morgan fingerprint density at radius 2 is 2.11 bits per heavy atom. The predicted molar refractivity (Wildman–Crippen MR) is 70.6 cm³/mol. The summed E-state index contributed by atoms with van der Waals surface area (Å²) < 4.78 is 13.6. The molecule has 1 heterocycles. The first-order chi connectivity index (χ1) is 8.97. The Morgan fingerprint density at radius 1 is 1.37 bits per heavy atom. The van der Waals surface area contributed by atoms with Gasteiger partial charge in [-0.05, 0) is 36.8 Å². The largest absolute Gasteiger partial charge is 0.476 e. The molecule has 0 fully saturated rings. The summed E-state index contributed by atoms with van der Waals surface area (Å²) in [5.41, 5.74) is 0.821. The number of nitrogens with zero attached hydrogens (tertiary/aromatic N) is 1. The number of aromatic carboxylic acids is 1. The van der Waals surface area contributed by atoms with Gasteiger partial charge in [0.15, 0.2) is 5.69 Å². The van der Waals surface area contributed by atoms with Gasteiger partial charge in [-0.2, -0.15) is 0 Å². The Bertz CT molecular complexity index is 647. The average molecular weight is 281 g/mol. The second kappa shape index (κ2) is 5.24. The maximum Gasteiger partial charge on any atom is 0.356 e. The highest BCUT2D eigenvalue weighted by atomic mass is 35.5. The Balaban J connectivity index is 2.36. The summed E-state index contributed by atoms with van der Waals surface area (Å²) in [6, 6.07) is 7.45. The summed E-state index contributed by atoms with van der Waals surface area (Å²) in [5.74, 6) is -1.47. The van der Waals surface area contributed by atoms with Crippen LogP contribution in [0, 0.1) is 12.7 Å². The standard InChI is InChI=1S/C13H10ClFN2O2/c1-7-2-4-9(15)10(6-7)16-11-5-3-8(14)12(17-11)13(18)19/h2-6H,1H3,(H,16,17)(H,18,19). The summed E-state index contributed by atoms with van der Waals surface area (Å²) in [7, 11) is 0. The van der Waals surface area contributed by atoms with Crippen LogP contribution >= 0.6 is 11.6 Å². The van der Waals surface area contributed by atoms with E-state index in [4.69, 9.17) is 16.7 Å². The van der Waals surface area contributed by atoms with E-state index in [-0.39, 0.29) is 22.2 Å². The van der Waals surface area contributed by atoms with Crippen molar-refractivity contribution in [2.45, 2.75) is 6.92 Å². The van der Waals surface area contributed by atoms with Gasteiger partial charge in [0.25, 0.3) is 0 Å². The number of aromatic nitrogens is 1. The highest BCUT2D eigenvalue weighted by Gasteiger charge is 2.12. The molecule has 0 aliphatic heterocycles. The molecule has 0 atom stereocenters. The van der Waals surface area contributed by atoms with Crippen LogP contribution < -0.4 is 5.32 Å². The summed E-state index contributed by atoms with van der Waals surface area (Å²) in [6.07, 6.45) is 0. The summed E-state index contributed by atoms with van der Waals surface area (Å²) in [5, 5.41) is 11.7. The zero-order chi connectivity index (χ0) is 14.0. The SMILES string of the molecule is Cc1ccc(F)c(Nc2ccc(Cl)c(C(=O)O)n2)c1. The summed E-state index contributed by atoms with van der Waals surface area (Å²) in [4.78, 5) is 14.7. The highest BCUT2D eigenvalue weighted by molar-refractivity contribution is 6.33. The number of hydrogen-bond donors (Lipinski definition) is 2. The number of aryl methyl sites for hydroxylation is 1. The molecular weight excluding hydrogens is 271 g/mol. The number of rotatable bonds is 3. The molecule has 0 saturated carbocycles. The molecule has 0 bridgehead atoms. The molecule has 98 valence electrons. The Hall–Kier alpha value is -2.14. The minimum atomic E-state index is -1.24. The van der Waals surface area contributed by atoms with Crippen molar-refractivity contribution in [2.24, 2.45) is 0 Å². The predicted octanol–water partition coefficient (Wildman–Crippen LogP) is 3.62. The van der Waals surface area contributed by atoms with Crippen molar-refractivity contribution in [3.8, 4) is 0 Å². The molecule has 0 amide bonds. The number of anilines is 2. The third-order valence-corrected chi connectivity index (χ3v) is 2.74. The fourth-order valence-corrected chi connectivity index (χ4v) is 1.72. The molecule has 2 rings (SSSR count). The molecule has 2 aromatic rings. The maximum absolute atomic E-state index is 13.6. The molecule has 0 aliphatic carbocycles.